The Bertz CT molecular complexity index is 939. The van der Waals surface area contributed by atoms with E-state index in [1.807, 2.05) is 18.2 Å². The Morgan fingerprint density at radius 3 is 3.00 bits per heavy atom. The van der Waals surface area contributed by atoms with Crippen molar-refractivity contribution in [3.8, 4) is 17.2 Å². The lowest BCUT2D eigenvalue weighted by molar-refractivity contribution is 0.174. The standard InChI is InChI=1S/C16H13N3O3/c1-2-8-18-12-4-3-7-17-15(12)19(16(18)20)11-5-6-13-14(9-11)22-10-21-13/h2-7,9H,1,8,10H2. The quantitative estimate of drug-likeness (QED) is 0.694. The molecule has 3 aromatic rings. The second-order valence-electron chi connectivity index (χ2n) is 4.90. The fourth-order valence-electron chi connectivity index (χ4n) is 2.65. The van der Waals surface area contributed by atoms with Crippen molar-refractivity contribution in [2.24, 2.45) is 0 Å². The van der Waals surface area contributed by atoms with Gasteiger partial charge in [-0.05, 0) is 24.3 Å². The van der Waals surface area contributed by atoms with E-state index in [0.29, 0.717) is 29.4 Å². The first kappa shape index (κ1) is 12.7. The van der Waals surface area contributed by atoms with E-state index in [1.165, 1.54) is 0 Å². The number of aromatic nitrogens is 3. The summed E-state index contributed by atoms with van der Waals surface area (Å²) in [5, 5.41) is 0. The van der Waals surface area contributed by atoms with E-state index in [-0.39, 0.29) is 12.5 Å². The molecule has 0 aliphatic carbocycles. The van der Waals surface area contributed by atoms with Crippen molar-refractivity contribution in [1.82, 2.24) is 14.1 Å². The van der Waals surface area contributed by atoms with Crippen LogP contribution < -0.4 is 15.2 Å². The van der Waals surface area contributed by atoms with Crippen LogP contribution in [-0.4, -0.2) is 20.9 Å². The van der Waals surface area contributed by atoms with Crippen molar-refractivity contribution in [3.63, 3.8) is 0 Å². The highest BCUT2D eigenvalue weighted by molar-refractivity contribution is 5.74. The van der Waals surface area contributed by atoms with Gasteiger partial charge in [-0.1, -0.05) is 6.08 Å². The maximum Gasteiger partial charge on any atom is 0.335 e. The third kappa shape index (κ3) is 1.74. The van der Waals surface area contributed by atoms with Gasteiger partial charge in [0.15, 0.2) is 17.1 Å². The third-order valence-electron chi connectivity index (χ3n) is 3.62. The van der Waals surface area contributed by atoms with Crippen LogP contribution in [0.5, 0.6) is 11.5 Å². The number of rotatable bonds is 3. The van der Waals surface area contributed by atoms with Crippen LogP contribution in [-0.2, 0) is 6.54 Å². The summed E-state index contributed by atoms with van der Waals surface area (Å²) in [7, 11) is 0. The number of nitrogens with zero attached hydrogens (tertiary/aromatic N) is 3. The molecule has 110 valence electrons. The van der Waals surface area contributed by atoms with Crippen LogP contribution in [0.3, 0.4) is 0 Å². The number of fused-ring (bicyclic) bond motifs is 2. The largest absolute Gasteiger partial charge is 0.454 e. The smallest absolute Gasteiger partial charge is 0.335 e. The minimum Gasteiger partial charge on any atom is -0.454 e. The van der Waals surface area contributed by atoms with Gasteiger partial charge >= 0.3 is 5.69 Å². The normalized spacial score (nSPS) is 12.7. The summed E-state index contributed by atoms with van der Waals surface area (Å²) in [4.78, 5) is 17.1. The zero-order chi connectivity index (χ0) is 15.1. The lowest BCUT2D eigenvalue weighted by Crippen LogP contribution is -2.22. The topological polar surface area (TPSA) is 58.3 Å². The molecular formula is C16H13N3O3. The van der Waals surface area contributed by atoms with Gasteiger partial charge in [0.05, 0.1) is 11.2 Å². The third-order valence-corrected chi connectivity index (χ3v) is 3.62. The second-order valence-corrected chi connectivity index (χ2v) is 4.90. The van der Waals surface area contributed by atoms with E-state index in [0.717, 1.165) is 5.52 Å². The molecule has 0 unspecified atom stereocenters. The molecule has 1 aliphatic heterocycles. The summed E-state index contributed by atoms with van der Waals surface area (Å²) < 4.78 is 13.9. The molecule has 6 nitrogen and oxygen atoms in total. The predicted molar refractivity (Wildman–Crippen MR) is 81.7 cm³/mol. The lowest BCUT2D eigenvalue weighted by Gasteiger charge is -2.03. The van der Waals surface area contributed by atoms with Crippen LogP contribution in [0.25, 0.3) is 16.9 Å². The highest BCUT2D eigenvalue weighted by Gasteiger charge is 2.18. The molecule has 1 aromatic carbocycles. The molecule has 0 spiro atoms. The van der Waals surface area contributed by atoms with Crippen molar-refractivity contribution in [2.45, 2.75) is 6.54 Å². The average Bonchev–Trinajstić information content (AvgIpc) is 3.10. The molecule has 0 saturated heterocycles. The first-order chi connectivity index (χ1) is 10.8. The van der Waals surface area contributed by atoms with Crippen molar-refractivity contribution in [1.29, 1.82) is 0 Å². The molecule has 1 aliphatic rings. The van der Waals surface area contributed by atoms with Crippen molar-refractivity contribution < 1.29 is 9.47 Å². The first-order valence-corrected chi connectivity index (χ1v) is 6.87. The lowest BCUT2D eigenvalue weighted by atomic mass is 10.2. The Kier molecular flexibility index (Phi) is 2.75. The molecule has 22 heavy (non-hydrogen) atoms. The summed E-state index contributed by atoms with van der Waals surface area (Å²) in [6, 6.07) is 9.09. The minimum absolute atomic E-state index is 0.160. The Balaban J connectivity index is 2.01. The van der Waals surface area contributed by atoms with Gasteiger partial charge in [0.2, 0.25) is 6.79 Å². The Morgan fingerprint density at radius 2 is 2.14 bits per heavy atom. The average molecular weight is 295 g/mol. The van der Waals surface area contributed by atoms with Gasteiger partial charge in [0.25, 0.3) is 0 Å². The molecule has 0 saturated carbocycles. The van der Waals surface area contributed by atoms with Gasteiger partial charge in [-0.15, -0.1) is 6.58 Å². The Hall–Kier alpha value is -3.02. The summed E-state index contributed by atoms with van der Waals surface area (Å²) in [5.41, 5.74) is 1.91. The van der Waals surface area contributed by atoms with Crippen molar-refractivity contribution in [2.75, 3.05) is 6.79 Å². The monoisotopic (exact) mass is 295 g/mol. The molecule has 0 atom stereocenters. The molecule has 3 heterocycles. The van der Waals surface area contributed by atoms with Crippen LogP contribution in [0.4, 0.5) is 0 Å². The van der Waals surface area contributed by atoms with Gasteiger partial charge in [-0.3, -0.25) is 4.57 Å². The molecular weight excluding hydrogens is 282 g/mol. The van der Waals surface area contributed by atoms with E-state index in [1.54, 1.807) is 33.5 Å². The molecule has 4 rings (SSSR count). The number of benzene rings is 1. The number of allylic oxidation sites excluding steroid dienone is 1. The Labute approximate surface area is 125 Å². The summed E-state index contributed by atoms with van der Waals surface area (Å²) in [6.07, 6.45) is 3.36. The second kappa shape index (κ2) is 4.77. The fourth-order valence-corrected chi connectivity index (χ4v) is 2.65. The van der Waals surface area contributed by atoms with Crippen LogP contribution in [0.1, 0.15) is 0 Å². The Morgan fingerprint density at radius 1 is 1.27 bits per heavy atom. The number of hydrogen-bond acceptors (Lipinski definition) is 4. The molecule has 0 N–H and O–H groups in total. The number of hydrogen-bond donors (Lipinski definition) is 0. The molecule has 2 aromatic heterocycles. The van der Waals surface area contributed by atoms with E-state index in [2.05, 4.69) is 11.6 Å². The van der Waals surface area contributed by atoms with Gasteiger partial charge in [-0.25, -0.2) is 14.3 Å². The fraction of sp³-hybridized carbons (Fsp3) is 0.125. The van der Waals surface area contributed by atoms with Crippen molar-refractivity contribution in [3.05, 3.63) is 59.7 Å². The maximum atomic E-state index is 12.7. The van der Waals surface area contributed by atoms with Gasteiger partial charge in [0.1, 0.15) is 0 Å². The molecule has 0 radical (unpaired) electrons. The highest BCUT2D eigenvalue weighted by Crippen LogP contribution is 2.33. The van der Waals surface area contributed by atoms with E-state index >= 15 is 0 Å². The number of ether oxygens (including phenoxy) is 2. The van der Waals surface area contributed by atoms with Gasteiger partial charge < -0.3 is 9.47 Å². The van der Waals surface area contributed by atoms with E-state index < -0.39 is 0 Å². The molecule has 0 bridgehead atoms. The zero-order valence-corrected chi connectivity index (χ0v) is 11.7. The van der Waals surface area contributed by atoms with E-state index in [9.17, 15) is 4.79 Å². The van der Waals surface area contributed by atoms with Crippen LogP contribution in [0, 0.1) is 0 Å². The maximum absolute atomic E-state index is 12.7. The highest BCUT2D eigenvalue weighted by atomic mass is 16.7. The van der Waals surface area contributed by atoms with Gasteiger partial charge in [0, 0.05) is 18.8 Å². The predicted octanol–water partition coefficient (Wildman–Crippen LogP) is 2.10. The molecule has 0 amide bonds. The summed E-state index contributed by atoms with van der Waals surface area (Å²) >= 11 is 0. The first-order valence-electron chi connectivity index (χ1n) is 6.87. The summed E-state index contributed by atoms with van der Waals surface area (Å²) in [5.74, 6) is 1.31. The minimum atomic E-state index is -0.160. The van der Waals surface area contributed by atoms with Crippen LogP contribution in [0.2, 0.25) is 0 Å². The molecule has 0 fully saturated rings. The number of pyridine rings is 1. The zero-order valence-electron chi connectivity index (χ0n) is 11.7. The van der Waals surface area contributed by atoms with E-state index in [4.69, 9.17) is 9.47 Å². The van der Waals surface area contributed by atoms with Crippen LogP contribution in [0.15, 0.2) is 54.0 Å². The van der Waals surface area contributed by atoms with Gasteiger partial charge in [-0.2, -0.15) is 0 Å². The van der Waals surface area contributed by atoms with Crippen molar-refractivity contribution >= 4 is 11.2 Å². The SMILES string of the molecule is C=CCn1c(=O)n(-c2ccc3c(c2)OCO3)c2ncccc21. The molecule has 6 heteroatoms. The number of imidazole rings is 1. The van der Waals surface area contributed by atoms with Crippen LogP contribution >= 0.6 is 0 Å². The summed E-state index contributed by atoms with van der Waals surface area (Å²) in [6.45, 7) is 4.33.